The molecule has 0 aromatic heterocycles. The minimum atomic E-state index is -4.57. The predicted molar refractivity (Wildman–Crippen MR) is 358 cm³/mol. The maximum Gasteiger partial charge on any atom is 0.417 e. The number of benzene rings is 2. The summed E-state index contributed by atoms with van der Waals surface area (Å²) in [7, 11) is 3.89. The third kappa shape index (κ3) is 20.4. The number of allylic oxidation sites excluding steroid dienone is 3. The fourth-order valence-electron chi connectivity index (χ4n) is 14.6. The van der Waals surface area contributed by atoms with Crippen molar-refractivity contribution in [1.82, 2.24) is 51.5 Å². The van der Waals surface area contributed by atoms with Crippen LogP contribution in [0.2, 0.25) is 5.02 Å². The van der Waals surface area contributed by atoms with Crippen molar-refractivity contribution in [2.45, 2.75) is 245 Å². The Morgan fingerprint density at radius 3 is 2.13 bits per heavy atom. The summed E-state index contributed by atoms with van der Waals surface area (Å²) in [5, 5.41) is 23.7. The van der Waals surface area contributed by atoms with Crippen molar-refractivity contribution in [3.63, 3.8) is 0 Å². The van der Waals surface area contributed by atoms with E-state index in [4.69, 9.17) is 21.3 Å². The fraction of sp³-hybridized carbons (Fsp3) is 0.704. The maximum absolute atomic E-state index is 13.8. The Hall–Kier alpha value is -4.14. The number of hydrogen-bond acceptors (Lipinski definition) is 12. The Kier molecular flexibility index (Phi) is 27.5. The Morgan fingerprint density at radius 1 is 0.789 bits per heavy atom. The van der Waals surface area contributed by atoms with Gasteiger partial charge in [-0.25, -0.2) is 0 Å². The third-order valence-electron chi connectivity index (χ3n) is 20.7. The number of aliphatic imine (C=N–C) groups is 1. The number of likely N-dealkylation sites (N-methyl/N-ethyl adjacent to an activating group) is 1. The van der Waals surface area contributed by atoms with E-state index in [0.717, 1.165) is 94.2 Å². The standard InChI is InChI=1S/C71H112ClF6N11O/c1-14-48(5)65-41-83-64(38-47(3)4)51(8)82-42-66-49(6)53(10)89(66)68(57-20-16-17-21-57)52(9)85-69(32-19-33-69)46-79-43-67(90-15-2)81-34-31-59(29-25-56-26-30-62(63(72)40-56)71(76,77)78)80-35-37-86(12)44-61(39-55-23-27-58(28-24-55)70(73,74)75)87(13)45-60-22-18-36-88(60)54(11)50(7)84-65/h23-24,26-28,30-31,34-35,37,40,44-45,47-54,57,64-68,79,81-85H,14-22,25,29,32-33,36,38-39,41-43,46H2,1-13H3/t48-,49+,50?,51?,52?,53?,54-,64-,65+,66?,67+,68+/m0/s1. The molecule has 2 aliphatic carbocycles. The van der Waals surface area contributed by atoms with Crippen LogP contribution in [0, 0.1) is 23.7 Å². The number of nitrogens with one attached hydrogen (secondary N) is 6. The van der Waals surface area contributed by atoms with Gasteiger partial charge in [0.1, 0.15) is 6.23 Å². The van der Waals surface area contributed by atoms with E-state index in [1.54, 1.807) is 18.3 Å². The normalized spacial score (nSPS) is 29.5. The molecule has 2 saturated heterocycles. The molecule has 0 bridgehead atoms. The van der Waals surface area contributed by atoms with Crippen LogP contribution in [0.3, 0.4) is 0 Å². The number of alkyl halides is 6. The molecular weight excluding hydrogens is 1170 g/mol. The van der Waals surface area contributed by atoms with E-state index in [2.05, 4.69) is 122 Å². The van der Waals surface area contributed by atoms with Crippen molar-refractivity contribution in [2.75, 3.05) is 53.4 Å². The molecule has 0 amide bonds. The van der Waals surface area contributed by atoms with Crippen LogP contribution in [0.1, 0.15) is 175 Å². The molecule has 12 atom stereocenters. The highest BCUT2D eigenvalue weighted by Gasteiger charge is 2.51. The van der Waals surface area contributed by atoms with Crippen molar-refractivity contribution in [2.24, 2.45) is 28.7 Å². The number of rotatable bonds is 12. The van der Waals surface area contributed by atoms with Crippen molar-refractivity contribution in [1.29, 1.82) is 0 Å². The van der Waals surface area contributed by atoms with Crippen LogP contribution in [0.4, 0.5) is 26.3 Å². The number of halogens is 7. The fourth-order valence-corrected chi connectivity index (χ4v) is 15.0. The SMILES string of the molecule is CCO[C@@H]1CNCC2(CCC2)NC(C)[C@H](C2CCCC2)N2C(C)[C@@H](C)C2CNC(C)[C@H](CC(C)C)NC[C@H]([C@@H](C)CC)NC(C)[C@H](C)N2CCCC2=CN(C)C(Cc2ccc(C(F)(F)F)cc2)=CN(C)C=CN=C(CCc2ccc(C(F)(F)F)c(Cl)c2)C=CN1. The van der Waals surface area contributed by atoms with Crippen molar-refractivity contribution >= 4 is 17.3 Å². The summed E-state index contributed by atoms with van der Waals surface area (Å²) in [6.07, 6.45) is 15.6. The Morgan fingerprint density at radius 2 is 1.50 bits per heavy atom. The van der Waals surface area contributed by atoms with E-state index in [-0.39, 0.29) is 41.0 Å². The molecule has 5 unspecified atom stereocenters. The van der Waals surface area contributed by atoms with E-state index in [9.17, 15) is 26.3 Å². The zero-order valence-corrected chi connectivity index (χ0v) is 57.3. The van der Waals surface area contributed by atoms with Gasteiger partial charge in [0.05, 0.1) is 16.1 Å². The van der Waals surface area contributed by atoms with Gasteiger partial charge >= 0.3 is 12.4 Å². The molecule has 2 aromatic rings. The van der Waals surface area contributed by atoms with Gasteiger partial charge in [0.2, 0.25) is 0 Å². The van der Waals surface area contributed by atoms with Gasteiger partial charge in [-0.1, -0.05) is 83.7 Å². The lowest BCUT2D eigenvalue weighted by molar-refractivity contribution is -0.138. The lowest BCUT2D eigenvalue weighted by atomic mass is 9.73. The van der Waals surface area contributed by atoms with Crippen LogP contribution < -0.4 is 31.9 Å². The van der Waals surface area contributed by atoms with Crippen molar-refractivity contribution in [3.05, 3.63) is 118 Å². The van der Waals surface area contributed by atoms with Gasteiger partial charge in [-0.15, -0.1) is 0 Å². The van der Waals surface area contributed by atoms with Gasteiger partial charge in [0, 0.05) is 168 Å². The average molecular weight is 1290 g/mol. The highest BCUT2D eigenvalue weighted by Crippen LogP contribution is 2.43. The van der Waals surface area contributed by atoms with E-state index in [0.29, 0.717) is 97.6 Å². The summed E-state index contributed by atoms with van der Waals surface area (Å²) in [5.74, 6) is 2.19. The first kappa shape index (κ1) is 73.3. The smallest absolute Gasteiger partial charge is 0.369 e. The number of hydrogen-bond donors (Lipinski definition) is 6. The molecule has 0 radical (unpaired) electrons. The Balaban J connectivity index is 1.22. The molecule has 7 rings (SSSR count). The van der Waals surface area contributed by atoms with Crippen LogP contribution in [0.25, 0.3) is 0 Å². The lowest BCUT2D eigenvalue weighted by Gasteiger charge is -2.60. The highest BCUT2D eigenvalue weighted by atomic mass is 35.5. The van der Waals surface area contributed by atoms with E-state index in [1.807, 2.05) is 50.6 Å². The maximum atomic E-state index is 13.8. The van der Waals surface area contributed by atoms with Gasteiger partial charge in [-0.2, -0.15) is 26.3 Å². The molecule has 6 N–H and O–H groups in total. The van der Waals surface area contributed by atoms with E-state index in [1.165, 1.54) is 49.9 Å². The highest BCUT2D eigenvalue weighted by molar-refractivity contribution is 6.31. The monoisotopic (exact) mass is 1280 g/mol. The van der Waals surface area contributed by atoms with E-state index >= 15 is 0 Å². The zero-order chi connectivity index (χ0) is 65.5. The van der Waals surface area contributed by atoms with Crippen LogP contribution in [-0.2, 0) is 29.9 Å². The second kappa shape index (κ2) is 33.8. The molecule has 4 fully saturated rings. The van der Waals surface area contributed by atoms with Crippen molar-refractivity contribution < 1.29 is 31.1 Å². The molecule has 90 heavy (non-hydrogen) atoms. The molecule has 2 aromatic carbocycles. The first-order chi connectivity index (χ1) is 42.7. The van der Waals surface area contributed by atoms with E-state index < -0.39 is 23.5 Å². The summed E-state index contributed by atoms with van der Waals surface area (Å²) in [6.45, 7) is 30.3. The number of fused-ring (bicyclic) bond motifs is 2. The first-order valence-corrected chi connectivity index (χ1v) is 34.5. The molecule has 12 nitrogen and oxygen atoms in total. The predicted octanol–water partition coefficient (Wildman–Crippen LogP) is 14.1. The quantitative estimate of drug-likeness (QED) is 0.114. The summed E-state index contributed by atoms with van der Waals surface area (Å²) >= 11 is 6.19. The van der Waals surface area contributed by atoms with Gasteiger partial charge in [-0.05, 0) is 171 Å². The summed E-state index contributed by atoms with van der Waals surface area (Å²) < 4.78 is 88.7. The molecule has 3 aliphatic heterocycles. The largest absolute Gasteiger partial charge is 0.417 e. The molecule has 5 aliphatic rings. The molecule has 3 heterocycles. The van der Waals surface area contributed by atoms with Crippen LogP contribution >= 0.6 is 11.6 Å². The third-order valence-corrected chi connectivity index (χ3v) is 21.0. The van der Waals surface area contributed by atoms with Gasteiger partial charge in [0.25, 0.3) is 0 Å². The minimum Gasteiger partial charge on any atom is -0.369 e. The molecule has 19 heteroatoms. The number of nitrogens with zero attached hydrogens (tertiary/aromatic N) is 5. The van der Waals surface area contributed by atoms with Crippen LogP contribution in [0.5, 0.6) is 0 Å². The average Bonchev–Trinajstić information content (AvgIpc) is 1.10. The van der Waals surface area contributed by atoms with Gasteiger partial charge in [-0.3, -0.25) is 9.89 Å². The second-order valence-electron chi connectivity index (χ2n) is 27.7. The minimum absolute atomic E-state index is 0.0305. The molecular formula is C71H112ClF6N11O. The molecule has 1 spiro atoms. The topological polar surface area (TPSA) is 107 Å². The van der Waals surface area contributed by atoms with Crippen LogP contribution in [-0.4, -0.2) is 145 Å². The zero-order valence-electron chi connectivity index (χ0n) is 56.5. The lowest BCUT2D eigenvalue weighted by Crippen LogP contribution is -2.74. The summed E-state index contributed by atoms with van der Waals surface area (Å²) in [4.78, 5) is 14.3. The number of aryl methyl sites for hydroxylation is 1. The second-order valence-corrected chi connectivity index (χ2v) is 28.1. The Labute approximate surface area is 542 Å². The number of ether oxygens (including phenoxy) is 1. The summed E-state index contributed by atoms with van der Waals surface area (Å²) in [5.41, 5.74) is 2.46. The van der Waals surface area contributed by atoms with Crippen molar-refractivity contribution in [3.8, 4) is 0 Å². The first-order valence-electron chi connectivity index (χ1n) is 34.1. The summed E-state index contributed by atoms with van der Waals surface area (Å²) in [6, 6.07) is 12.0. The Bertz CT molecular complexity index is 2670. The van der Waals surface area contributed by atoms with Crippen LogP contribution in [0.15, 0.2) is 95.9 Å². The van der Waals surface area contributed by atoms with Gasteiger partial charge in [0.15, 0.2) is 0 Å². The molecule has 506 valence electrons. The van der Waals surface area contributed by atoms with Gasteiger partial charge < -0.3 is 51.3 Å². The molecule has 2 saturated carbocycles.